The van der Waals surface area contributed by atoms with E-state index < -0.39 is 0 Å². The van der Waals surface area contributed by atoms with Gasteiger partial charge in [-0.05, 0) is 25.1 Å². The standard InChI is InChI=1S/C13H19FN4O/c1-3-18(7-6-15)12-8-10(4-5-11(12)14)13(17)19-9(2)16/h4-5,8,16-17H,3,6-7,15H2,1-2H3. The zero-order chi connectivity index (χ0) is 14.4. The van der Waals surface area contributed by atoms with Crippen molar-refractivity contribution in [2.75, 3.05) is 24.5 Å². The summed E-state index contributed by atoms with van der Waals surface area (Å²) in [5, 5.41) is 14.9. The van der Waals surface area contributed by atoms with Gasteiger partial charge < -0.3 is 15.4 Å². The van der Waals surface area contributed by atoms with Crippen LogP contribution in [-0.2, 0) is 4.74 Å². The molecule has 0 spiro atoms. The van der Waals surface area contributed by atoms with Crippen molar-refractivity contribution >= 4 is 17.5 Å². The molecule has 0 radical (unpaired) electrons. The maximum absolute atomic E-state index is 13.8. The highest BCUT2D eigenvalue weighted by atomic mass is 19.1. The van der Waals surface area contributed by atoms with E-state index in [0.29, 0.717) is 30.9 Å². The molecule has 1 aromatic rings. The maximum Gasteiger partial charge on any atom is 0.220 e. The lowest BCUT2D eigenvalue weighted by atomic mass is 10.1. The minimum absolute atomic E-state index is 0.0785. The van der Waals surface area contributed by atoms with E-state index in [0.717, 1.165) is 0 Å². The van der Waals surface area contributed by atoms with Gasteiger partial charge >= 0.3 is 0 Å². The molecule has 0 atom stereocenters. The first-order valence-electron chi connectivity index (χ1n) is 6.06. The van der Waals surface area contributed by atoms with Crippen molar-refractivity contribution in [3.05, 3.63) is 29.6 Å². The average molecular weight is 266 g/mol. The first kappa shape index (κ1) is 15.1. The highest BCUT2D eigenvalue weighted by Crippen LogP contribution is 2.21. The minimum Gasteiger partial charge on any atom is -0.426 e. The van der Waals surface area contributed by atoms with Crippen molar-refractivity contribution in [3.8, 4) is 0 Å². The third-order valence-electron chi connectivity index (χ3n) is 2.58. The number of ether oxygens (including phenoxy) is 1. The van der Waals surface area contributed by atoms with E-state index in [9.17, 15) is 4.39 Å². The van der Waals surface area contributed by atoms with Gasteiger partial charge in [0.25, 0.3) is 0 Å². The molecule has 0 saturated carbocycles. The van der Waals surface area contributed by atoms with Gasteiger partial charge in [-0.2, -0.15) is 0 Å². The van der Waals surface area contributed by atoms with Gasteiger partial charge in [-0.25, -0.2) is 4.39 Å². The van der Waals surface area contributed by atoms with Crippen LogP contribution < -0.4 is 10.6 Å². The van der Waals surface area contributed by atoms with Crippen molar-refractivity contribution in [2.24, 2.45) is 5.73 Å². The van der Waals surface area contributed by atoms with E-state index in [1.54, 1.807) is 11.0 Å². The lowest BCUT2D eigenvalue weighted by Gasteiger charge is -2.23. The van der Waals surface area contributed by atoms with Gasteiger partial charge in [0.15, 0.2) is 5.90 Å². The summed E-state index contributed by atoms with van der Waals surface area (Å²) >= 11 is 0. The summed E-state index contributed by atoms with van der Waals surface area (Å²) < 4.78 is 18.7. The minimum atomic E-state index is -0.363. The fourth-order valence-corrected chi connectivity index (χ4v) is 1.71. The first-order valence-corrected chi connectivity index (χ1v) is 6.06. The Labute approximate surface area is 112 Å². The van der Waals surface area contributed by atoms with Crippen LogP contribution in [0.4, 0.5) is 10.1 Å². The number of nitrogens with two attached hydrogens (primary N) is 1. The molecule has 0 bridgehead atoms. The highest BCUT2D eigenvalue weighted by molar-refractivity contribution is 5.99. The van der Waals surface area contributed by atoms with Crippen LogP contribution in [0, 0.1) is 16.6 Å². The highest BCUT2D eigenvalue weighted by Gasteiger charge is 2.13. The average Bonchev–Trinajstić information content (AvgIpc) is 2.36. The van der Waals surface area contributed by atoms with Gasteiger partial charge in [-0.3, -0.25) is 10.8 Å². The molecule has 0 aliphatic rings. The van der Waals surface area contributed by atoms with Gasteiger partial charge in [-0.15, -0.1) is 0 Å². The van der Waals surface area contributed by atoms with Gasteiger partial charge in [-0.1, -0.05) is 0 Å². The van der Waals surface area contributed by atoms with Gasteiger partial charge in [0, 0.05) is 32.1 Å². The second kappa shape index (κ2) is 6.84. The molecular formula is C13H19FN4O. The van der Waals surface area contributed by atoms with Crippen LogP contribution in [-0.4, -0.2) is 31.4 Å². The van der Waals surface area contributed by atoms with Gasteiger partial charge in [0.2, 0.25) is 5.90 Å². The molecule has 4 N–H and O–H groups in total. The van der Waals surface area contributed by atoms with Crippen molar-refractivity contribution < 1.29 is 9.13 Å². The number of halogens is 1. The normalized spacial score (nSPS) is 10.1. The monoisotopic (exact) mass is 266 g/mol. The lowest BCUT2D eigenvalue weighted by Crippen LogP contribution is -2.30. The summed E-state index contributed by atoms with van der Waals surface area (Å²) in [5.74, 6) is -0.610. The molecule has 0 aromatic heterocycles. The number of anilines is 1. The third kappa shape index (κ3) is 4.03. The van der Waals surface area contributed by atoms with E-state index >= 15 is 0 Å². The van der Waals surface area contributed by atoms with E-state index in [1.165, 1.54) is 19.1 Å². The number of nitrogens with zero attached hydrogens (tertiary/aromatic N) is 1. The zero-order valence-corrected chi connectivity index (χ0v) is 11.2. The van der Waals surface area contributed by atoms with Crippen molar-refractivity contribution in [2.45, 2.75) is 13.8 Å². The number of benzene rings is 1. The SMILES string of the molecule is CCN(CCN)c1cc(C(=N)OC(C)=N)ccc1F. The van der Waals surface area contributed by atoms with Gasteiger partial charge in [0.1, 0.15) is 5.82 Å². The second-order valence-electron chi connectivity index (χ2n) is 4.02. The Morgan fingerprint density at radius 1 is 1.42 bits per heavy atom. The molecule has 19 heavy (non-hydrogen) atoms. The first-order chi connectivity index (χ1) is 8.99. The smallest absolute Gasteiger partial charge is 0.220 e. The molecule has 6 heteroatoms. The van der Waals surface area contributed by atoms with Crippen LogP contribution in [0.25, 0.3) is 0 Å². The molecular weight excluding hydrogens is 247 g/mol. The fraction of sp³-hybridized carbons (Fsp3) is 0.385. The summed E-state index contributed by atoms with van der Waals surface area (Å²) in [4.78, 5) is 1.80. The number of hydrogen-bond donors (Lipinski definition) is 3. The van der Waals surface area contributed by atoms with Crippen LogP contribution in [0.15, 0.2) is 18.2 Å². The second-order valence-corrected chi connectivity index (χ2v) is 4.02. The van der Waals surface area contributed by atoms with E-state index in [2.05, 4.69) is 0 Å². The van der Waals surface area contributed by atoms with Crippen molar-refractivity contribution in [1.29, 1.82) is 10.8 Å². The summed E-state index contributed by atoms with van der Waals surface area (Å²) in [5.41, 5.74) is 6.32. The number of nitrogens with one attached hydrogen (secondary N) is 2. The molecule has 0 fully saturated rings. The zero-order valence-electron chi connectivity index (χ0n) is 11.2. The number of hydrogen-bond acceptors (Lipinski definition) is 5. The van der Waals surface area contributed by atoms with Crippen LogP contribution in [0.5, 0.6) is 0 Å². The van der Waals surface area contributed by atoms with E-state index in [4.69, 9.17) is 21.3 Å². The topological polar surface area (TPSA) is 86.2 Å². The quantitative estimate of drug-likeness (QED) is 0.562. The predicted molar refractivity (Wildman–Crippen MR) is 74.7 cm³/mol. The molecule has 0 heterocycles. The summed E-state index contributed by atoms with van der Waals surface area (Å²) in [6, 6.07) is 4.29. The largest absolute Gasteiger partial charge is 0.426 e. The number of rotatable bonds is 5. The number of likely N-dealkylation sites (N-methyl/N-ethyl adjacent to an activating group) is 1. The summed E-state index contributed by atoms with van der Waals surface area (Å²) in [6.07, 6.45) is 0. The molecule has 104 valence electrons. The van der Waals surface area contributed by atoms with Crippen LogP contribution in [0.3, 0.4) is 0 Å². The van der Waals surface area contributed by atoms with Crippen molar-refractivity contribution in [1.82, 2.24) is 0 Å². The summed E-state index contributed by atoms with van der Waals surface area (Å²) in [6.45, 7) is 4.92. The molecule has 0 saturated heterocycles. The Kier molecular flexibility index (Phi) is 5.44. The molecule has 0 unspecified atom stereocenters. The Hall–Kier alpha value is -1.95. The Morgan fingerprint density at radius 3 is 2.63 bits per heavy atom. The molecule has 0 aliphatic carbocycles. The molecule has 5 nitrogen and oxygen atoms in total. The fourth-order valence-electron chi connectivity index (χ4n) is 1.71. The Balaban J connectivity index is 3.05. The predicted octanol–water partition coefficient (Wildman–Crippen LogP) is 1.95. The van der Waals surface area contributed by atoms with Crippen LogP contribution >= 0.6 is 0 Å². The van der Waals surface area contributed by atoms with Crippen LogP contribution in [0.2, 0.25) is 0 Å². The van der Waals surface area contributed by atoms with Crippen molar-refractivity contribution in [3.63, 3.8) is 0 Å². The molecule has 1 rings (SSSR count). The molecule has 1 aromatic carbocycles. The maximum atomic E-state index is 13.8. The van der Waals surface area contributed by atoms with Gasteiger partial charge in [0.05, 0.1) is 5.69 Å². The van der Waals surface area contributed by atoms with E-state index in [1.807, 2.05) is 6.92 Å². The lowest BCUT2D eigenvalue weighted by molar-refractivity contribution is 0.532. The Morgan fingerprint density at radius 2 is 2.11 bits per heavy atom. The Bertz CT molecular complexity index is 476. The summed E-state index contributed by atoms with van der Waals surface area (Å²) in [7, 11) is 0. The third-order valence-corrected chi connectivity index (χ3v) is 2.58. The molecule has 0 aliphatic heterocycles. The molecule has 0 amide bonds. The van der Waals surface area contributed by atoms with Crippen LogP contribution in [0.1, 0.15) is 19.4 Å². The van der Waals surface area contributed by atoms with E-state index in [-0.39, 0.29) is 17.6 Å².